The minimum absolute atomic E-state index is 0.190. The van der Waals surface area contributed by atoms with Crippen LogP contribution in [0.15, 0.2) is 60.9 Å². The van der Waals surface area contributed by atoms with E-state index in [1.807, 2.05) is 36.4 Å². The van der Waals surface area contributed by atoms with E-state index in [1.54, 1.807) is 12.4 Å². The number of nitrogens with zero attached hydrogens (tertiary/aromatic N) is 3. The van der Waals surface area contributed by atoms with Crippen LogP contribution in [0.1, 0.15) is 29.9 Å². The van der Waals surface area contributed by atoms with Gasteiger partial charge in [-0.1, -0.05) is 48.5 Å². The lowest BCUT2D eigenvalue weighted by Gasteiger charge is -2.16. The normalized spacial score (nSPS) is 12.2. The van der Waals surface area contributed by atoms with E-state index in [2.05, 4.69) is 33.8 Å². The Hall–Kier alpha value is -2.62. The molecule has 4 heteroatoms. The summed E-state index contributed by atoms with van der Waals surface area (Å²) < 4.78 is 2.09. The van der Waals surface area contributed by atoms with Crippen LogP contribution >= 0.6 is 0 Å². The molecule has 0 aliphatic heterocycles. The predicted octanol–water partition coefficient (Wildman–Crippen LogP) is 3.38. The summed E-state index contributed by atoms with van der Waals surface area (Å²) >= 11 is 0. The first-order chi connectivity index (χ1) is 10.8. The average molecular weight is 293 g/mol. The van der Waals surface area contributed by atoms with Crippen molar-refractivity contribution in [2.24, 2.45) is 0 Å². The molecular formula is C18H19N3O. The molecule has 0 fully saturated rings. The molecule has 0 bridgehead atoms. The van der Waals surface area contributed by atoms with Gasteiger partial charge in [0.15, 0.2) is 0 Å². The van der Waals surface area contributed by atoms with Gasteiger partial charge in [0.25, 0.3) is 0 Å². The number of aryl methyl sites for hydroxylation is 2. The zero-order valence-corrected chi connectivity index (χ0v) is 12.6. The molecule has 3 aromatic rings. The van der Waals surface area contributed by atoms with Crippen molar-refractivity contribution in [1.82, 2.24) is 14.8 Å². The van der Waals surface area contributed by atoms with Gasteiger partial charge in [-0.3, -0.25) is 0 Å². The zero-order valence-electron chi connectivity index (χ0n) is 12.6. The lowest BCUT2D eigenvalue weighted by molar-refractivity contribution is 0.467. The second-order valence-corrected chi connectivity index (χ2v) is 5.37. The summed E-state index contributed by atoms with van der Waals surface area (Å²) in [5.41, 5.74) is 2.16. The molecule has 1 N–H and O–H groups in total. The van der Waals surface area contributed by atoms with E-state index in [9.17, 15) is 5.11 Å². The minimum Gasteiger partial charge on any atom is -0.508 e. The van der Waals surface area contributed by atoms with E-state index in [0.29, 0.717) is 5.75 Å². The van der Waals surface area contributed by atoms with Gasteiger partial charge in [0.2, 0.25) is 0 Å². The summed E-state index contributed by atoms with van der Waals surface area (Å²) in [5, 5.41) is 18.1. The smallest absolute Gasteiger partial charge is 0.133 e. The van der Waals surface area contributed by atoms with Gasteiger partial charge in [-0.25, -0.2) is 0 Å². The SMILES string of the molecule is C[C@H](c1ccccc1)n1cnnc1CCc1ccccc1O. The molecular weight excluding hydrogens is 274 g/mol. The highest BCUT2D eigenvalue weighted by Gasteiger charge is 2.13. The Bertz CT molecular complexity index is 737. The number of para-hydroxylation sites is 1. The quantitative estimate of drug-likeness (QED) is 0.784. The molecule has 112 valence electrons. The molecule has 0 spiro atoms. The molecule has 3 rings (SSSR count). The summed E-state index contributed by atoms with van der Waals surface area (Å²) in [6.07, 6.45) is 3.26. The second kappa shape index (κ2) is 6.43. The Balaban J connectivity index is 1.77. The maximum absolute atomic E-state index is 9.85. The zero-order chi connectivity index (χ0) is 15.4. The van der Waals surface area contributed by atoms with Gasteiger partial charge < -0.3 is 9.67 Å². The van der Waals surface area contributed by atoms with E-state index >= 15 is 0 Å². The maximum Gasteiger partial charge on any atom is 0.133 e. The molecule has 22 heavy (non-hydrogen) atoms. The fourth-order valence-corrected chi connectivity index (χ4v) is 2.63. The van der Waals surface area contributed by atoms with Crippen molar-refractivity contribution in [2.75, 3.05) is 0 Å². The van der Waals surface area contributed by atoms with Crippen LogP contribution in [0.25, 0.3) is 0 Å². The van der Waals surface area contributed by atoms with Crippen LogP contribution in [0.3, 0.4) is 0 Å². The van der Waals surface area contributed by atoms with Crippen molar-refractivity contribution < 1.29 is 5.11 Å². The fourth-order valence-electron chi connectivity index (χ4n) is 2.63. The Labute approximate surface area is 130 Å². The highest BCUT2D eigenvalue weighted by Crippen LogP contribution is 2.21. The van der Waals surface area contributed by atoms with Gasteiger partial charge in [0, 0.05) is 6.42 Å². The van der Waals surface area contributed by atoms with Crippen LogP contribution in [-0.2, 0) is 12.8 Å². The summed E-state index contributed by atoms with van der Waals surface area (Å²) in [5.74, 6) is 1.27. The minimum atomic E-state index is 0.190. The number of aromatic hydroxyl groups is 1. The molecule has 0 amide bonds. The molecule has 0 unspecified atom stereocenters. The molecule has 1 heterocycles. The predicted molar refractivity (Wildman–Crippen MR) is 85.8 cm³/mol. The summed E-state index contributed by atoms with van der Waals surface area (Å²) in [7, 11) is 0. The highest BCUT2D eigenvalue weighted by atomic mass is 16.3. The molecule has 2 aromatic carbocycles. The van der Waals surface area contributed by atoms with Crippen LogP contribution in [-0.4, -0.2) is 19.9 Å². The van der Waals surface area contributed by atoms with E-state index < -0.39 is 0 Å². The van der Waals surface area contributed by atoms with E-state index in [-0.39, 0.29) is 6.04 Å². The fraction of sp³-hybridized carbons (Fsp3) is 0.222. The third-order valence-corrected chi connectivity index (χ3v) is 3.96. The summed E-state index contributed by atoms with van der Waals surface area (Å²) in [6.45, 7) is 2.14. The van der Waals surface area contributed by atoms with Crippen molar-refractivity contribution in [3.05, 3.63) is 77.9 Å². The van der Waals surface area contributed by atoms with Crippen molar-refractivity contribution in [3.8, 4) is 5.75 Å². The van der Waals surface area contributed by atoms with Gasteiger partial charge in [-0.05, 0) is 30.5 Å². The van der Waals surface area contributed by atoms with Crippen molar-refractivity contribution in [3.63, 3.8) is 0 Å². The summed E-state index contributed by atoms with van der Waals surface area (Å²) in [6, 6.07) is 17.9. The Kier molecular flexibility index (Phi) is 4.19. The van der Waals surface area contributed by atoms with Gasteiger partial charge >= 0.3 is 0 Å². The number of rotatable bonds is 5. The molecule has 1 atom stereocenters. The Morgan fingerprint density at radius 3 is 2.50 bits per heavy atom. The van der Waals surface area contributed by atoms with Crippen LogP contribution in [0, 0.1) is 0 Å². The van der Waals surface area contributed by atoms with Gasteiger partial charge in [0.05, 0.1) is 6.04 Å². The van der Waals surface area contributed by atoms with Crippen LogP contribution in [0.5, 0.6) is 5.75 Å². The first kappa shape index (κ1) is 14.3. The Morgan fingerprint density at radius 2 is 1.73 bits per heavy atom. The first-order valence-electron chi connectivity index (χ1n) is 7.46. The maximum atomic E-state index is 9.85. The monoisotopic (exact) mass is 293 g/mol. The Morgan fingerprint density at radius 1 is 1.00 bits per heavy atom. The van der Waals surface area contributed by atoms with Gasteiger partial charge in [-0.15, -0.1) is 10.2 Å². The molecule has 0 radical (unpaired) electrons. The topological polar surface area (TPSA) is 50.9 Å². The third kappa shape index (κ3) is 3.01. The number of phenolic OH excluding ortho intramolecular Hbond substituents is 1. The molecule has 0 aliphatic rings. The van der Waals surface area contributed by atoms with Crippen molar-refractivity contribution in [1.29, 1.82) is 0 Å². The first-order valence-corrected chi connectivity index (χ1v) is 7.46. The number of benzene rings is 2. The van der Waals surface area contributed by atoms with Crippen molar-refractivity contribution >= 4 is 0 Å². The lowest BCUT2D eigenvalue weighted by Crippen LogP contribution is -2.10. The van der Waals surface area contributed by atoms with E-state index in [4.69, 9.17) is 0 Å². The lowest BCUT2D eigenvalue weighted by atomic mass is 10.1. The molecule has 1 aromatic heterocycles. The number of hydrogen-bond donors (Lipinski definition) is 1. The largest absolute Gasteiger partial charge is 0.508 e. The van der Waals surface area contributed by atoms with Crippen LogP contribution < -0.4 is 0 Å². The number of hydrogen-bond acceptors (Lipinski definition) is 3. The molecule has 0 aliphatic carbocycles. The third-order valence-electron chi connectivity index (χ3n) is 3.96. The summed E-state index contributed by atoms with van der Waals surface area (Å²) in [4.78, 5) is 0. The molecule has 0 saturated heterocycles. The van der Waals surface area contributed by atoms with Crippen molar-refractivity contribution in [2.45, 2.75) is 25.8 Å². The highest BCUT2D eigenvalue weighted by molar-refractivity contribution is 5.32. The second-order valence-electron chi connectivity index (χ2n) is 5.37. The standard InChI is InChI=1S/C18H19N3O/c1-14(15-7-3-2-4-8-15)21-13-19-20-18(21)12-11-16-9-5-6-10-17(16)22/h2-10,13-14,22H,11-12H2,1H3/t14-/m1/s1. The number of phenols is 1. The van der Waals surface area contributed by atoms with Gasteiger partial charge in [-0.2, -0.15) is 0 Å². The molecule has 4 nitrogen and oxygen atoms in total. The average Bonchev–Trinajstić information content (AvgIpc) is 3.03. The van der Waals surface area contributed by atoms with Gasteiger partial charge in [0.1, 0.15) is 17.9 Å². The van der Waals surface area contributed by atoms with E-state index in [0.717, 1.165) is 24.2 Å². The van der Waals surface area contributed by atoms with E-state index in [1.165, 1.54) is 5.56 Å². The van der Waals surface area contributed by atoms with Crippen LogP contribution in [0.2, 0.25) is 0 Å². The molecule has 0 saturated carbocycles. The number of aromatic nitrogens is 3. The van der Waals surface area contributed by atoms with Crippen LogP contribution in [0.4, 0.5) is 0 Å².